The molecule has 24 heavy (non-hydrogen) atoms. The van der Waals surface area contributed by atoms with Crippen LogP contribution in [-0.2, 0) is 11.3 Å². The number of hydrogen-bond donors (Lipinski definition) is 1. The maximum atomic E-state index is 12.5. The van der Waals surface area contributed by atoms with Gasteiger partial charge in [0.05, 0.1) is 0 Å². The average molecular weight is 354 g/mol. The number of carbonyl (C=O) groups is 1. The van der Waals surface area contributed by atoms with E-state index in [1.807, 2.05) is 29.2 Å². The highest BCUT2D eigenvalue weighted by Gasteiger charge is 2.31. The Morgan fingerprint density at radius 2 is 2.04 bits per heavy atom. The molecule has 2 amide bonds. The van der Waals surface area contributed by atoms with E-state index in [0.717, 1.165) is 38.2 Å². The molecule has 1 aliphatic heterocycles. The summed E-state index contributed by atoms with van der Waals surface area (Å²) in [5, 5.41) is 3.68. The molecule has 5 nitrogen and oxygen atoms in total. The summed E-state index contributed by atoms with van der Waals surface area (Å²) in [6.07, 6.45) is 1.02. The van der Waals surface area contributed by atoms with Gasteiger partial charge in [-0.2, -0.15) is 0 Å². The molecule has 0 saturated carbocycles. The summed E-state index contributed by atoms with van der Waals surface area (Å²) in [6.45, 7) is 8.14. The van der Waals surface area contributed by atoms with Crippen molar-refractivity contribution in [2.45, 2.75) is 38.9 Å². The summed E-state index contributed by atoms with van der Waals surface area (Å²) < 4.78 is 5.13. The molecule has 2 rings (SSSR count). The number of nitrogens with one attached hydrogen (secondary N) is 1. The van der Waals surface area contributed by atoms with Gasteiger partial charge in [-0.05, 0) is 38.0 Å². The van der Waals surface area contributed by atoms with Crippen LogP contribution in [0.4, 0.5) is 4.79 Å². The van der Waals surface area contributed by atoms with E-state index in [1.165, 1.54) is 0 Å². The monoisotopic (exact) mass is 353 g/mol. The molecule has 1 aliphatic rings. The van der Waals surface area contributed by atoms with Gasteiger partial charge in [0.1, 0.15) is 0 Å². The molecule has 1 aromatic rings. The number of ether oxygens (including phenoxy) is 1. The predicted octanol–water partition coefficient (Wildman–Crippen LogP) is 2.98. The molecule has 2 unspecified atom stereocenters. The molecule has 6 heteroatoms. The fourth-order valence-electron chi connectivity index (χ4n) is 3.29. The topological polar surface area (TPSA) is 44.8 Å². The van der Waals surface area contributed by atoms with Crippen LogP contribution in [0.15, 0.2) is 24.3 Å². The van der Waals surface area contributed by atoms with Crippen molar-refractivity contribution in [3.63, 3.8) is 0 Å². The normalized spacial score (nSPS) is 21.8. The number of urea groups is 1. The van der Waals surface area contributed by atoms with E-state index < -0.39 is 0 Å². The summed E-state index contributed by atoms with van der Waals surface area (Å²) in [5.41, 5.74) is 1.01. The van der Waals surface area contributed by atoms with Gasteiger partial charge in [-0.1, -0.05) is 23.7 Å². The second-order valence-electron chi connectivity index (χ2n) is 6.48. The van der Waals surface area contributed by atoms with Crippen molar-refractivity contribution in [2.75, 3.05) is 33.4 Å². The quantitative estimate of drug-likeness (QED) is 0.800. The number of rotatable bonds is 6. The van der Waals surface area contributed by atoms with Crippen LogP contribution in [0.5, 0.6) is 0 Å². The third-order valence-electron chi connectivity index (χ3n) is 4.49. The lowest BCUT2D eigenvalue weighted by Gasteiger charge is -2.44. The van der Waals surface area contributed by atoms with Crippen molar-refractivity contribution in [1.29, 1.82) is 0 Å². The molecular weight excluding hydrogens is 326 g/mol. The van der Waals surface area contributed by atoms with Crippen molar-refractivity contribution in [3.05, 3.63) is 34.9 Å². The van der Waals surface area contributed by atoms with Gasteiger partial charge in [-0.3, -0.25) is 4.90 Å². The summed E-state index contributed by atoms with van der Waals surface area (Å²) in [5.74, 6) is 0. The second kappa shape index (κ2) is 9.25. The van der Waals surface area contributed by atoms with E-state index in [2.05, 4.69) is 24.1 Å². The van der Waals surface area contributed by atoms with E-state index >= 15 is 0 Å². The molecule has 0 aromatic heterocycles. The van der Waals surface area contributed by atoms with Crippen LogP contribution in [0.1, 0.15) is 25.8 Å². The van der Waals surface area contributed by atoms with Crippen molar-refractivity contribution >= 4 is 17.6 Å². The van der Waals surface area contributed by atoms with Crippen molar-refractivity contribution in [1.82, 2.24) is 15.1 Å². The maximum Gasteiger partial charge on any atom is 0.317 e. The molecule has 1 fully saturated rings. The third-order valence-corrected chi connectivity index (χ3v) is 4.72. The highest BCUT2D eigenvalue weighted by molar-refractivity contribution is 6.30. The highest BCUT2D eigenvalue weighted by atomic mass is 35.5. The number of methoxy groups -OCH3 is 1. The summed E-state index contributed by atoms with van der Waals surface area (Å²) >= 11 is 5.98. The van der Waals surface area contributed by atoms with Crippen LogP contribution in [0.2, 0.25) is 5.02 Å². The summed E-state index contributed by atoms with van der Waals surface area (Å²) in [6, 6.07) is 8.26. The molecule has 1 heterocycles. The van der Waals surface area contributed by atoms with Gasteiger partial charge >= 0.3 is 6.03 Å². The zero-order chi connectivity index (χ0) is 17.5. The lowest BCUT2D eigenvalue weighted by molar-refractivity contribution is 0.0480. The van der Waals surface area contributed by atoms with Gasteiger partial charge in [0.25, 0.3) is 0 Å². The van der Waals surface area contributed by atoms with E-state index in [-0.39, 0.29) is 6.03 Å². The molecule has 0 radical (unpaired) electrons. The number of benzene rings is 1. The van der Waals surface area contributed by atoms with Crippen molar-refractivity contribution in [3.8, 4) is 0 Å². The van der Waals surface area contributed by atoms with Crippen LogP contribution < -0.4 is 5.32 Å². The zero-order valence-electron chi connectivity index (χ0n) is 14.8. The first-order valence-electron chi connectivity index (χ1n) is 8.53. The van der Waals surface area contributed by atoms with Gasteiger partial charge in [0, 0.05) is 57.0 Å². The fraction of sp³-hybridized carbons (Fsp3) is 0.611. The Balaban J connectivity index is 1.83. The summed E-state index contributed by atoms with van der Waals surface area (Å²) in [7, 11) is 1.73. The first kappa shape index (κ1) is 19.0. The van der Waals surface area contributed by atoms with Crippen LogP contribution in [0, 0.1) is 0 Å². The number of hydrogen-bond acceptors (Lipinski definition) is 3. The van der Waals surface area contributed by atoms with Gasteiger partial charge in [-0.25, -0.2) is 4.79 Å². The molecule has 0 bridgehead atoms. The van der Waals surface area contributed by atoms with Crippen molar-refractivity contribution in [2.24, 2.45) is 0 Å². The van der Waals surface area contributed by atoms with Gasteiger partial charge in [-0.15, -0.1) is 0 Å². The lowest BCUT2D eigenvalue weighted by Crippen LogP contribution is -2.59. The number of halogens is 1. The van der Waals surface area contributed by atoms with E-state index in [9.17, 15) is 4.79 Å². The first-order chi connectivity index (χ1) is 11.5. The van der Waals surface area contributed by atoms with Gasteiger partial charge in [0.15, 0.2) is 0 Å². The molecule has 134 valence electrons. The SMILES string of the molecule is COCCCN1C(C)CN(C(=O)NCc2cccc(Cl)c2)CC1C. The first-order valence-corrected chi connectivity index (χ1v) is 8.91. The highest BCUT2D eigenvalue weighted by Crippen LogP contribution is 2.16. The standard InChI is InChI=1S/C18H28ClN3O2/c1-14-12-21(13-15(2)22(14)8-5-9-24-3)18(23)20-11-16-6-4-7-17(19)10-16/h4,6-7,10,14-15H,5,8-9,11-13H2,1-3H3,(H,20,23). The molecule has 1 saturated heterocycles. The second-order valence-corrected chi connectivity index (χ2v) is 6.91. The lowest BCUT2D eigenvalue weighted by atomic mass is 10.1. The van der Waals surface area contributed by atoms with Gasteiger partial charge in [0.2, 0.25) is 0 Å². The Labute approximate surface area is 149 Å². The maximum absolute atomic E-state index is 12.5. The van der Waals surface area contributed by atoms with Crippen LogP contribution in [-0.4, -0.2) is 61.3 Å². The Kier molecular flexibility index (Phi) is 7.34. The Hall–Kier alpha value is -1.30. The largest absolute Gasteiger partial charge is 0.385 e. The zero-order valence-corrected chi connectivity index (χ0v) is 15.6. The molecular formula is C18H28ClN3O2. The molecule has 0 aliphatic carbocycles. The molecule has 0 spiro atoms. The van der Waals surface area contributed by atoms with E-state index in [4.69, 9.17) is 16.3 Å². The fourth-order valence-corrected chi connectivity index (χ4v) is 3.50. The smallest absolute Gasteiger partial charge is 0.317 e. The number of piperazine rings is 1. The van der Waals surface area contributed by atoms with E-state index in [0.29, 0.717) is 23.7 Å². The third kappa shape index (κ3) is 5.36. The minimum atomic E-state index is -0.00906. The molecule has 2 atom stereocenters. The molecule has 1 N–H and O–H groups in total. The van der Waals surface area contributed by atoms with Crippen molar-refractivity contribution < 1.29 is 9.53 Å². The number of nitrogens with zero attached hydrogens (tertiary/aromatic N) is 2. The van der Waals surface area contributed by atoms with E-state index in [1.54, 1.807) is 7.11 Å². The van der Waals surface area contributed by atoms with Crippen LogP contribution in [0.25, 0.3) is 0 Å². The number of carbonyl (C=O) groups excluding carboxylic acids is 1. The number of amides is 2. The minimum absolute atomic E-state index is 0.00906. The Bertz CT molecular complexity index is 529. The van der Waals surface area contributed by atoms with Crippen LogP contribution in [0.3, 0.4) is 0 Å². The minimum Gasteiger partial charge on any atom is -0.385 e. The Morgan fingerprint density at radius 1 is 1.33 bits per heavy atom. The van der Waals surface area contributed by atoms with Crippen LogP contribution >= 0.6 is 11.6 Å². The Morgan fingerprint density at radius 3 is 2.67 bits per heavy atom. The average Bonchev–Trinajstić information content (AvgIpc) is 2.55. The summed E-state index contributed by atoms with van der Waals surface area (Å²) in [4.78, 5) is 16.8. The molecule has 1 aromatic carbocycles. The predicted molar refractivity (Wildman–Crippen MR) is 97.4 cm³/mol. The van der Waals surface area contributed by atoms with Gasteiger partial charge < -0.3 is 15.0 Å².